The van der Waals surface area contributed by atoms with Crippen molar-refractivity contribution in [3.63, 3.8) is 0 Å². The lowest BCUT2D eigenvalue weighted by Gasteiger charge is -2.51. The van der Waals surface area contributed by atoms with Crippen molar-refractivity contribution >= 4 is 21.9 Å². The predicted octanol–water partition coefficient (Wildman–Crippen LogP) is 1.38. The monoisotopic (exact) mass is 537 g/mol. The maximum atomic E-state index is 12.3. The van der Waals surface area contributed by atoms with Crippen molar-refractivity contribution in [2.24, 2.45) is 0 Å². The average Bonchev–Trinajstić information content (AvgIpc) is 2.74. The van der Waals surface area contributed by atoms with E-state index >= 15 is 0 Å². The van der Waals surface area contributed by atoms with Gasteiger partial charge >= 0.3 is 11.7 Å². The molecule has 2 aliphatic heterocycles. The number of carbonyl (C=O) groups is 1. The van der Waals surface area contributed by atoms with E-state index in [9.17, 15) is 24.6 Å². The number of likely N-dealkylation sites (tertiary alicyclic amines) is 1. The van der Waals surface area contributed by atoms with E-state index < -0.39 is 34.5 Å². The van der Waals surface area contributed by atoms with Crippen LogP contribution in [-0.2, 0) is 22.5 Å². The zero-order valence-corrected chi connectivity index (χ0v) is 20.4. The number of carboxylic acids is 1. The Hall–Kier alpha value is -2.47. The van der Waals surface area contributed by atoms with Crippen LogP contribution in [0.2, 0.25) is 0 Å². The van der Waals surface area contributed by atoms with Crippen LogP contribution in [0.3, 0.4) is 0 Å². The number of phenols is 1. The molecule has 2 saturated heterocycles. The summed E-state index contributed by atoms with van der Waals surface area (Å²) in [4.78, 5) is 39.4. The number of ether oxygens (including phenoxy) is 1. The molecule has 3 heterocycles. The highest BCUT2D eigenvalue weighted by Gasteiger charge is 2.50. The summed E-state index contributed by atoms with van der Waals surface area (Å²) in [5, 5.41) is 30.5. The van der Waals surface area contributed by atoms with Gasteiger partial charge in [0.2, 0.25) is 0 Å². The number of nitrogens with one attached hydrogen (secondary N) is 1. The molecule has 0 bridgehead atoms. The van der Waals surface area contributed by atoms with Gasteiger partial charge in [-0.25, -0.2) is 4.79 Å². The van der Waals surface area contributed by atoms with E-state index in [0.29, 0.717) is 50.0 Å². The minimum absolute atomic E-state index is 0.102. The highest BCUT2D eigenvalue weighted by Crippen LogP contribution is 2.43. The van der Waals surface area contributed by atoms with Gasteiger partial charge in [0.25, 0.3) is 5.56 Å². The van der Waals surface area contributed by atoms with Gasteiger partial charge in [0.15, 0.2) is 0 Å². The molecule has 184 valence electrons. The molecule has 0 aliphatic carbocycles. The normalized spacial score (nSPS) is 24.9. The molecule has 4 N–H and O–H groups in total. The van der Waals surface area contributed by atoms with E-state index in [1.165, 1.54) is 16.8 Å². The van der Waals surface area contributed by atoms with Gasteiger partial charge in [-0.1, -0.05) is 12.1 Å². The molecule has 11 heteroatoms. The number of carboxylic acid groups (broad SMARTS) is 1. The van der Waals surface area contributed by atoms with Gasteiger partial charge < -0.3 is 20.1 Å². The Bertz CT molecular complexity index is 1200. The Labute approximate surface area is 203 Å². The molecule has 2 aromatic rings. The fourth-order valence-corrected chi connectivity index (χ4v) is 5.38. The quantitative estimate of drug-likeness (QED) is 0.447. The zero-order chi connectivity index (χ0) is 24.7. The lowest BCUT2D eigenvalue weighted by molar-refractivity contribution is -0.197. The number of phenolic OH excluding ortho intramolecular Hbond substituents is 1. The Morgan fingerprint density at radius 2 is 2.00 bits per heavy atom. The standard InChI is InChI=1S/C23H28BrN3O7/c1-22(33)13-23(34-12-18(22)27-11-16(24)20(31)25-21(27)32)4-6-26(7-5-23)10-15-8-14(9-19(29)30)2-3-17(15)28/h2-3,8,11,18,28,33H,4-7,9-10,12-13H2,1H3,(H,29,30)(H,25,31,32)/t18-,22-/m0/s1. The van der Waals surface area contributed by atoms with Crippen LogP contribution in [0.5, 0.6) is 5.75 Å². The molecular formula is C23H28BrN3O7. The Morgan fingerprint density at radius 1 is 1.29 bits per heavy atom. The molecule has 1 aromatic carbocycles. The number of aliphatic carboxylic acids is 1. The minimum atomic E-state index is -1.23. The Morgan fingerprint density at radius 3 is 2.65 bits per heavy atom. The summed E-state index contributed by atoms with van der Waals surface area (Å²) in [5.41, 5.74) is -1.58. The van der Waals surface area contributed by atoms with Crippen LogP contribution in [-0.4, -0.2) is 66.6 Å². The molecule has 0 unspecified atom stereocenters. The number of hydrogen-bond acceptors (Lipinski definition) is 7. The molecular weight excluding hydrogens is 510 g/mol. The summed E-state index contributed by atoms with van der Waals surface area (Å²) in [6.07, 6.45) is 2.94. The predicted molar refractivity (Wildman–Crippen MR) is 126 cm³/mol. The van der Waals surface area contributed by atoms with Gasteiger partial charge in [-0.3, -0.25) is 24.0 Å². The lowest BCUT2D eigenvalue weighted by atomic mass is 9.75. The fraction of sp³-hybridized carbons (Fsp3) is 0.522. The summed E-state index contributed by atoms with van der Waals surface area (Å²) in [5.74, 6) is -0.792. The summed E-state index contributed by atoms with van der Waals surface area (Å²) in [6.45, 7) is 3.64. The number of aromatic nitrogens is 2. The summed E-state index contributed by atoms with van der Waals surface area (Å²) in [6, 6.07) is 4.21. The van der Waals surface area contributed by atoms with Crippen molar-refractivity contribution in [1.82, 2.24) is 14.5 Å². The maximum absolute atomic E-state index is 12.3. The summed E-state index contributed by atoms with van der Waals surface area (Å²) in [7, 11) is 0. The van der Waals surface area contributed by atoms with E-state index in [1.54, 1.807) is 19.1 Å². The minimum Gasteiger partial charge on any atom is -0.508 e. The molecule has 4 rings (SSSR count). The van der Waals surface area contributed by atoms with Crippen LogP contribution in [0.1, 0.15) is 43.4 Å². The van der Waals surface area contributed by atoms with E-state index in [1.807, 2.05) is 0 Å². The molecule has 2 fully saturated rings. The first-order chi connectivity index (χ1) is 16.0. The van der Waals surface area contributed by atoms with Crippen LogP contribution in [0.15, 0.2) is 38.5 Å². The number of nitrogens with zero attached hydrogens (tertiary/aromatic N) is 2. The van der Waals surface area contributed by atoms with E-state index in [-0.39, 0.29) is 23.2 Å². The second kappa shape index (κ2) is 9.29. The third-order valence-electron chi connectivity index (χ3n) is 6.87. The number of halogens is 1. The van der Waals surface area contributed by atoms with Gasteiger partial charge in [-0.05, 0) is 47.3 Å². The molecule has 1 spiro atoms. The van der Waals surface area contributed by atoms with E-state index in [2.05, 4.69) is 25.8 Å². The zero-order valence-electron chi connectivity index (χ0n) is 18.8. The van der Waals surface area contributed by atoms with Gasteiger partial charge in [0.1, 0.15) is 5.75 Å². The summed E-state index contributed by atoms with van der Waals surface area (Å²) >= 11 is 3.13. The van der Waals surface area contributed by atoms with Crippen molar-refractivity contribution < 1.29 is 24.9 Å². The van der Waals surface area contributed by atoms with Crippen LogP contribution in [0.25, 0.3) is 0 Å². The number of H-pyrrole nitrogens is 1. The largest absolute Gasteiger partial charge is 0.508 e. The molecule has 0 radical (unpaired) electrons. The number of benzene rings is 1. The van der Waals surface area contributed by atoms with Gasteiger partial charge in [-0.15, -0.1) is 0 Å². The van der Waals surface area contributed by atoms with Gasteiger partial charge in [0.05, 0.1) is 34.7 Å². The first-order valence-electron chi connectivity index (χ1n) is 11.1. The fourth-order valence-electron chi connectivity index (χ4n) is 5.06. The van der Waals surface area contributed by atoms with Gasteiger partial charge in [0, 0.05) is 37.8 Å². The first kappa shape index (κ1) is 24.6. The topological polar surface area (TPSA) is 145 Å². The summed E-state index contributed by atoms with van der Waals surface area (Å²) < 4.78 is 7.76. The second-order valence-corrected chi connectivity index (χ2v) is 10.4. The molecule has 10 nitrogen and oxygen atoms in total. The Balaban J connectivity index is 1.43. The van der Waals surface area contributed by atoms with Crippen LogP contribution < -0.4 is 11.2 Å². The van der Waals surface area contributed by atoms with Crippen LogP contribution >= 0.6 is 15.9 Å². The van der Waals surface area contributed by atoms with Crippen molar-refractivity contribution in [3.8, 4) is 5.75 Å². The van der Waals surface area contributed by atoms with Crippen molar-refractivity contribution in [2.75, 3.05) is 19.7 Å². The number of aromatic amines is 1. The molecule has 34 heavy (non-hydrogen) atoms. The van der Waals surface area contributed by atoms with E-state index in [4.69, 9.17) is 9.84 Å². The number of aliphatic hydroxyl groups is 1. The third-order valence-corrected chi connectivity index (χ3v) is 7.43. The highest BCUT2D eigenvalue weighted by molar-refractivity contribution is 9.10. The van der Waals surface area contributed by atoms with Gasteiger partial charge in [-0.2, -0.15) is 0 Å². The molecule has 2 atom stereocenters. The highest BCUT2D eigenvalue weighted by atomic mass is 79.9. The molecule has 0 amide bonds. The first-order valence-corrected chi connectivity index (χ1v) is 11.9. The molecule has 0 saturated carbocycles. The SMILES string of the molecule is C[C@]1(O)CC2(CCN(Cc3cc(CC(=O)O)ccc3O)CC2)OC[C@@H]1n1cc(Br)c(=O)[nH]c1=O. The smallest absolute Gasteiger partial charge is 0.328 e. The maximum Gasteiger partial charge on any atom is 0.328 e. The molecule has 2 aliphatic rings. The second-order valence-electron chi connectivity index (χ2n) is 9.50. The van der Waals surface area contributed by atoms with Crippen molar-refractivity contribution in [2.45, 2.75) is 56.4 Å². The van der Waals surface area contributed by atoms with Crippen LogP contribution in [0, 0.1) is 0 Å². The lowest BCUT2D eigenvalue weighted by Crippen LogP contribution is -2.58. The van der Waals surface area contributed by atoms with Crippen molar-refractivity contribution in [3.05, 3.63) is 60.8 Å². The number of rotatable bonds is 5. The van der Waals surface area contributed by atoms with Crippen LogP contribution in [0.4, 0.5) is 0 Å². The third kappa shape index (κ3) is 5.12. The van der Waals surface area contributed by atoms with E-state index in [0.717, 1.165) is 0 Å². The number of aromatic hydroxyl groups is 1. The number of piperidine rings is 1. The molecule has 1 aromatic heterocycles. The Kier molecular flexibility index (Phi) is 6.74. The number of hydrogen-bond donors (Lipinski definition) is 4. The average molecular weight is 538 g/mol. The van der Waals surface area contributed by atoms with Crippen molar-refractivity contribution in [1.29, 1.82) is 0 Å².